The van der Waals surface area contributed by atoms with Crippen LogP contribution in [0, 0.1) is 11.8 Å². The first-order valence-electron chi connectivity index (χ1n) is 14.1. The van der Waals surface area contributed by atoms with E-state index in [1.54, 1.807) is 18.3 Å². The fraction of sp³-hybridized carbons (Fsp3) is 0.467. The molecule has 3 fully saturated rings. The lowest BCUT2D eigenvalue weighted by molar-refractivity contribution is 0.0432. The Labute approximate surface area is 234 Å². The molecule has 1 unspecified atom stereocenters. The molecule has 40 heavy (non-hydrogen) atoms. The van der Waals surface area contributed by atoms with Gasteiger partial charge in [-0.1, -0.05) is 18.1 Å². The number of aliphatic hydroxyl groups is 1. The molecule has 3 saturated heterocycles. The maximum atomic E-state index is 10.3. The molecule has 10 nitrogen and oxygen atoms in total. The molecule has 10 heteroatoms. The lowest BCUT2D eigenvalue weighted by atomic mass is 10.0. The van der Waals surface area contributed by atoms with Gasteiger partial charge in [-0.25, -0.2) is 9.97 Å². The number of aromatic hydroxyl groups is 1. The van der Waals surface area contributed by atoms with E-state index < -0.39 is 0 Å². The van der Waals surface area contributed by atoms with E-state index in [-0.39, 0.29) is 17.9 Å². The topological polar surface area (TPSA) is 128 Å². The number of hydrogen-bond donors (Lipinski definition) is 3. The molecule has 208 valence electrons. The second-order valence-corrected chi connectivity index (χ2v) is 11.1. The summed E-state index contributed by atoms with van der Waals surface area (Å²) in [6.07, 6.45) is 6.52. The van der Waals surface area contributed by atoms with Crippen LogP contribution in [0.2, 0.25) is 0 Å². The normalized spacial score (nSPS) is 24.9. The Morgan fingerprint density at radius 2 is 1.82 bits per heavy atom. The largest absolute Gasteiger partial charge is 0.507 e. The molecule has 2 aromatic heterocycles. The summed E-state index contributed by atoms with van der Waals surface area (Å²) < 4.78 is 0. The van der Waals surface area contributed by atoms with Crippen LogP contribution in [-0.2, 0) is 0 Å². The number of phenolic OH excluding ortho intramolecular Hbond substituents is 1. The molecule has 1 aromatic carbocycles. The van der Waals surface area contributed by atoms with Gasteiger partial charge in [0, 0.05) is 49.5 Å². The maximum absolute atomic E-state index is 10.3. The number of nitrogens with zero attached hydrogens (tertiary/aromatic N) is 7. The van der Waals surface area contributed by atoms with Gasteiger partial charge in [0.1, 0.15) is 11.6 Å². The highest BCUT2D eigenvalue weighted by molar-refractivity contribution is 5.74. The summed E-state index contributed by atoms with van der Waals surface area (Å²) in [6, 6.07) is 12.1. The van der Waals surface area contributed by atoms with E-state index in [0.717, 1.165) is 63.2 Å². The molecule has 3 aliphatic rings. The van der Waals surface area contributed by atoms with Gasteiger partial charge >= 0.3 is 0 Å². The minimum atomic E-state index is -0.168. The van der Waals surface area contributed by atoms with Crippen LogP contribution >= 0.6 is 0 Å². The van der Waals surface area contributed by atoms with Crippen LogP contribution in [0.15, 0.2) is 42.6 Å². The van der Waals surface area contributed by atoms with E-state index in [1.165, 1.54) is 0 Å². The van der Waals surface area contributed by atoms with Crippen molar-refractivity contribution >= 4 is 17.3 Å². The van der Waals surface area contributed by atoms with Crippen molar-refractivity contribution in [1.29, 1.82) is 0 Å². The molecular formula is C30H36N8O2. The van der Waals surface area contributed by atoms with Gasteiger partial charge in [0.05, 0.1) is 24.0 Å². The van der Waals surface area contributed by atoms with Gasteiger partial charge in [0.25, 0.3) is 0 Å². The third-order valence-electron chi connectivity index (χ3n) is 8.54. The average molecular weight is 541 g/mol. The predicted octanol–water partition coefficient (Wildman–Crippen LogP) is 2.67. The van der Waals surface area contributed by atoms with Crippen LogP contribution < -0.4 is 15.5 Å². The van der Waals surface area contributed by atoms with E-state index >= 15 is 0 Å². The van der Waals surface area contributed by atoms with Crippen LogP contribution in [0.25, 0.3) is 11.3 Å². The third-order valence-corrected chi connectivity index (χ3v) is 8.54. The van der Waals surface area contributed by atoms with Crippen molar-refractivity contribution < 1.29 is 10.2 Å². The Hall–Kier alpha value is -3.94. The van der Waals surface area contributed by atoms with Gasteiger partial charge in [-0.3, -0.25) is 4.90 Å². The summed E-state index contributed by atoms with van der Waals surface area (Å²) in [5, 5.41) is 28.8. The van der Waals surface area contributed by atoms with Gasteiger partial charge in [0.15, 0.2) is 5.82 Å². The Morgan fingerprint density at radius 3 is 2.62 bits per heavy atom. The lowest BCUT2D eigenvalue weighted by Crippen LogP contribution is -2.44. The molecule has 4 N–H and O–H groups in total. The van der Waals surface area contributed by atoms with Crippen LogP contribution in [0.3, 0.4) is 0 Å². The first-order valence-corrected chi connectivity index (χ1v) is 14.1. The number of para-hydroxylation sites is 1. The number of nitrogen functional groups attached to an aromatic ring is 1. The highest BCUT2D eigenvalue weighted by Gasteiger charge is 2.39. The van der Waals surface area contributed by atoms with Crippen molar-refractivity contribution in [3.8, 4) is 28.8 Å². The van der Waals surface area contributed by atoms with Crippen molar-refractivity contribution in [2.45, 2.75) is 63.3 Å². The Bertz CT molecular complexity index is 1410. The molecule has 0 aliphatic carbocycles. The van der Waals surface area contributed by atoms with Gasteiger partial charge in [0.2, 0.25) is 5.82 Å². The summed E-state index contributed by atoms with van der Waals surface area (Å²) in [7, 11) is 0. The number of benzene rings is 1. The monoisotopic (exact) mass is 540 g/mol. The molecule has 0 amide bonds. The molecule has 3 aliphatic heterocycles. The predicted molar refractivity (Wildman–Crippen MR) is 155 cm³/mol. The molecule has 0 radical (unpaired) electrons. The van der Waals surface area contributed by atoms with Gasteiger partial charge in [-0.15, -0.1) is 10.2 Å². The van der Waals surface area contributed by atoms with Crippen molar-refractivity contribution in [3.63, 3.8) is 0 Å². The van der Waals surface area contributed by atoms with E-state index in [1.807, 2.05) is 24.3 Å². The van der Waals surface area contributed by atoms with E-state index in [0.29, 0.717) is 41.5 Å². The zero-order chi connectivity index (χ0) is 27.6. The van der Waals surface area contributed by atoms with Crippen molar-refractivity contribution in [2.24, 2.45) is 0 Å². The van der Waals surface area contributed by atoms with Crippen molar-refractivity contribution in [2.75, 3.05) is 41.7 Å². The number of aromatic nitrogens is 4. The maximum Gasteiger partial charge on any atom is 0.206 e. The van der Waals surface area contributed by atoms with Crippen LogP contribution in [-0.4, -0.2) is 85.7 Å². The smallest absolute Gasteiger partial charge is 0.206 e. The molecule has 0 saturated carbocycles. The number of piperidine rings is 1. The van der Waals surface area contributed by atoms with Crippen LogP contribution in [0.4, 0.5) is 17.3 Å². The van der Waals surface area contributed by atoms with Gasteiger partial charge < -0.3 is 25.7 Å². The average Bonchev–Trinajstić information content (AvgIpc) is 3.09. The van der Waals surface area contributed by atoms with Gasteiger partial charge in [-0.2, -0.15) is 0 Å². The van der Waals surface area contributed by atoms with Crippen molar-refractivity contribution in [1.82, 2.24) is 25.1 Å². The minimum Gasteiger partial charge on any atom is -0.507 e. The molecule has 4 atom stereocenters. The molecule has 3 aromatic rings. The summed E-state index contributed by atoms with van der Waals surface area (Å²) in [5.41, 5.74) is 8.30. The van der Waals surface area contributed by atoms with E-state index in [9.17, 15) is 10.2 Å². The first-order chi connectivity index (χ1) is 19.5. The first kappa shape index (κ1) is 26.3. The number of hydrogen-bond acceptors (Lipinski definition) is 10. The summed E-state index contributed by atoms with van der Waals surface area (Å²) in [5.74, 6) is 8.41. The molecule has 6 rings (SSSR count). The molecule has 2 bridgehead atoms. The number of fused-ring (bicyclic) bond motifs is 2. The number of aliphatic hydroxyl groups excluding tert-OH is 1. The SMILES string of the molecule is C[C@H]1CCN(c2cc(-c3ccccc3O)nnc2N)CCN1c1ccnc(C#CCN2[C@@H]3CC[C@H]2CC(O)C3)n1. The molecular weight excluding hydrogens is 504 g/mol. The Morgan fingerprint density at radius 1 is 1.02 bits per heavy atom. The number of anilines is 3. The number of nitrogens with two attached hydrogens (primary N) is 1. The highest BCUT2D eigenvalue weighted by Crippen LogP contribution is 2.35. The number of rotatable bonds is 4. The van der Waals surface area contributed by atoms with Crippen molar-refractivity contribution in [3.05, 3.63) is 48.4 Å². The Kier molecular flexibility index (Phi) is 7.41. The number of phenols is 1. The zero-order valence-corrected chi connectivity index (χ0v) is 22.8. The molecule has 5 heterocycles. The fourth-order valence-corrected chi connectivity index (χ4v) is 6.39. The molecule has 0 spiro atoms. The second-order valence-electron chi connectivity index (χ2n) is 11.1. The van der Waals surface area contributed by atoms with E-state index in [4.69, 9.17) is 10.7 Å². The van der Waals surface area contributed by atoms with Gasteiger partial charge in [-0.05, 0) is 69.2 Å². The van der Waals surface area contributed by atoms with E-state index in [2.05, 4.69) is 48.6 Å². The second kappa shape index (κ2) is 11.3. The standard InChI is InChI=1S/C30H36N8O2/c1-20-11-14-36(26-19-25(34-35-30(26)31)24-5-2-3-6-27(24)40)15-16-37(20)29-10-12-32-28(33-29)7-4-13-38-21-8-9-22(38)18-23(39)17-21/h2-3,5-6,10,12,19-23,39-40H,8-9,11,13-18H2,1H3,(H2,31,35)/t20-,21-,22+,23?/m0/s1. The summed E-state index contributed by atoms with van der Waals surface area (Å²) >= 11 is 0. The highest BCUT2D eigenvalue weighted by atomic mass is 16.3. The Balaban J connectivity index is 1.15. The third kappa shape index (κ3) is 5.40. The summed E-state index contributed by atoms with van der Waals surface area (Å²) in [4.78, 5) is 16.2. The minimum absolute atomic E-state index is 0.160. The summed E-state index contributed by atoms with van der Waals surface area (Å²) in [6.45, 7) is 5.18. The zero-order valence-electron chi connectivity index (χ0n) is 22.8. The fourth-order valence-electron chi connectivity index (χ4n) is 6.39. The van der Waals surface area contributed by atoms with Crippen LogP contribution in [0.1, 0.15) is 44.9 Å². The quantitative estimate of drug-likeness (QED) is 0.425. The lowest BCUT2D eigenvalue weighted by Gasteiger charge is -2.35. The van der Waals surface area contributed by atoms with Crippen LogP contribution in [0.5, 0.6) is 5.75 Å².